The monoisotopic (exact) mass is 279 g/mol. The number of hydrogen-bond donors (Lipinski definition) is 1. The Morgan fingerprint density at radius 1 is 1.50 bits per heavy atom. The molecule has 112 valence electrons. The lowest BCUT2D eigenvalue weighted by atomic mass is 10.1. The van der Waals surface area contributed by atoms with Gasteiger partial charge in [0, 0.05) is 19.2 Å². The quantitative estimate of drug-likeness (QED) is 0.920. The number of nitrogens with zero attached hydrogens (tertiary/aromatic N) is 2. The van der Waals surface area contributed by atoms with E-state index >= 15 is 0 Å². The Morgan fingerprint density at radius 2 is 2.25 bits per heavy atom. The van der Waals surface area contributed by atoms with Gasteiger partial charge in [0.25, 0.3) is 0 Å². The van der Waals surface area contributed by atoms with Crippen LogP contribution in [0.4, 0.5) is 4.79 Å². The first-order valence-corrected chi connectivity index (χ1v) is 7.50. The summed E-state index contributed by atoms with van der Waals surface area (Å²) in [5.74, 6) is 1.61. The van der Waals surface area contributed by atoms with Crippen LogP contribution in [0.3, 0.4) is 0 Å². The molecule has 20 heavy (non-hydrogen) atoms. The van der Waals surface area contributed by atoms with E-state index in [0.717, 1.165) is 30.8 Å². The summed E-state index contributed by atoms with van der Waals surface area (Å²) in [6, 6.07) is 2.02. The molecular formula is C15H25N3O2. The highest BCUT2D eigenvalue weighted by Gasteiger charge is 2.32. The highest BCUT2D eigenvalue weighted by atomic mass is 16.5. The SMILES string of the molecule is CC(C)CNC(=O)N1CCC[C@H]1c1cc(C(C)C)no1. The topological polar surface area (TPSA) is 58.4 Å². The number of aromatic nitrogens is 1. The summed E-state index contributed by atoms with van der Waals surface area (Å²) in [5, 5.41) is 7.07. The summed E-state index contributed by atoms with van der Waals surface area (Å²) in [4.78, 5) is 14.1. The first kappa shape index (κ1) is 14.9. The maximum Gasteiger partial charge on any atom is 0.318 e. The lowest BCUT2D eigenvalue weighted by molar-refractivity contribution is 0.181. The average Bonchev–Trinajstić information content (AvgIpc) is 3.03. The Labute approximate surface area is 120 Å². The van der Waals surface area contributed by atoms with Crippen LogP contribution in [0.2, 0.25) is 0 Å². The van der Waals surface area contributed by atoms with Crippen molar-refractivity contribution >= 4 is 6.03 Å². The molecule has 1 aromatic rings. The second-order valence-electron chi connectivity index (χ2n) is 6.24. The van der Waals surface area contributed by atoms with Crippen molar-refractivity contribution in [2.75, 3.05) is 13.1 Å². The second kappa shape index (κ2) is 6.29. The zero-order valence-corrected chi connectivity index (χ0v) is 12.8. The van der Waals surface area contributed by atoms with Crippen molar-refractivity contribution in [3.05, 3.63) is 17.5 Å². The summed E-state index contributed by atoms with van der Waals surface area (Å²) in [6.07, 6.45) is 1.96. The molecule has 0 radical (unpaired) electrons. The Bertz CT molecular complexity index is 454. The number of carbonyl (C=O) groups excluding carboxylic acids is 1. The Hall–Kier alpha value is -1.52. The molecule has 5 heteroatoms. The number of amides is 2. The van der Waals surface area contributed by atoms with Crippen molar-refractivity contribution in [1.29, 1.82) is 0 Å². The van der Waals surface area contributed by atoms with E-state index in [1.165, 1.54) is 0 Å². The van der Waals surface area contributed by atoms with E-state index in [2.05, 4.69) is 38.2 Å². The molecule has 2 amide bonds. The third-order valence-corrected chi connectivity index (χ3v) is 3.64. The van der Waals surface area contributed by atoms with Crippen molar-refractivity contribution in [2.45, 2.75) is 52.5 Å². The molecule has 1 aromatic heterocycles. The van der Waals surface area contributed by atoms with E-state index < -0.39 is 0 Å². The van der Waals surface area contributed by atoms with Crippen LogP contribution in [0.15, 0.2) is 10.6 Å². The number of carbonyl (C=O) groups is 1. The van der Waals surface area contributed by atoms with E-state index in [1.54, 1.807) is 0 Å². The van der Waals surface area contributed by atoms with E-state index in [9.17, 15) is 4.79 Å². The minimum absolute atomic E-state index is 0.00342. The minimum atomic E-state index is 0.00342. The van der Waals surface area contributed by atoms with Gasteiger partial charge in [-0.1, -0.05) is 32.9 Å². The molecule has 0 saturated carbocycles. The van der Waals surface area contributed by atoms with Gasteiger partial charge in [0.05, 0.1) is 11.7 Å². The molecule has 1 fully saturated rings. The number of hydrogen-bond acceptors (Lipinski definition) is 3. The molecule has 5 nitrogen and oxygen atoms in total. The summed E-state index contributed by atoms with van der Waals surface area (Å²) in [7, 11) is 0. The summed E-state index contributed by atoms with van der Waals surface area (Å²) >= 11 is 0. The maximum atomic E-state index is 12.2. The molecule has 0 unspecified atom stereocenters. The van der Waals surface area contributed by atoms with Gasteiger partial charge in [-0.25, -0.2) is 4.79 Å². The normalized spacial score (nSPS) is 19.1. The molecule has 0 aromatic carbocycles. The van der Waals surface area contributed by atoms with Gasteiger partial charge in [-0.3, -0.25) is 0 Å². The zero-order chi connectivity index (χ0) is 14.7. The number of nitrogens with one attached hydrogen (secondary N) is 1. The van der Waals surface area contributed by atoms with Crippen LogP contribution in [0.25, 0.3) is 0 Å². The van der Waals surface area contributed by atoms with E-state index in [1.807, 2.05) is 11.0 Å². The first-order valence-electron chi connectivity index (χ1n) is 7.50. The van der Waals surface area contributed by atoms with E-state index in [0.29, 0.717) is 18.4 Å². The number of rotatable bonds is 4. The lowest BCUT2D eigenvalue weighted by Crippen LogP contribution is -2.40. The standard InChI is InChI=1S/C15H25N3O2/c1-10(2)9-16-15(19)18-7-5-6-13(18)14-8-12(11(3)4)17-20-14/h8,10-11,13H,5-7,9H2,1-4H3,(H,16,19)/t13-/m0/s1. The Balaban J connectivity index is 2.04. The molecule has 0 bridgehead atoms. The van der Waals surface area contributed by atoms with Gasteiger partial charge in [-0.15, -0.1) is 0 Å². The fourth-order valence-corrected chi connectivity index (χ4v) is 2.43. The molecular weight excluding hydrogens is 254 g/mol. The molecule has 1 N–H and O–H groups in total. The third-order valence-electron chi connectivity index (χ3n) is 3.64. The van der Waals surface area contributed by atoms with Gasteiger partial charge < -0.3 is 14.7 Å². The van der Waals surface area contributed by atoms with Crippen molar-refractivity contribution in [3.8, 4) is 0 Å². The minimum Gasteiger partial charge on any atom is -0.359 e. The second-order valence-corrected chi connectivity index (χ2v) is 6.24. The average molecular weight is 279 g/mol. The molecule has 1 atom stereocenters. The Morgan fingerprint density at radius 3 is 2.85 bits per heavy atom. The highest BCUT2D eigenvalue weighted by Crippen LogP contribution is 2.33. The van der Waals surface area contributed by atoms with E-state index in [-0.39, 0.29) is 12.1 Å². The molecule has 0 spiro atoms. The van der Waals surface area contributed by atoms with Gasteiger partial charge in [0.1, 0.15) is 0 Å². The molecule has 1 aliphatic rings. The summed E-state index contributed by atoms with van der Waals surface area (Å²) in [5.41, 5.74) is 0.953. The molecule has 1 aliphatic heterocycles. The summed E-state index contributed by atoms with van der Waals surface area (Å²) in [6.45, 7) is 9.84. The largest absolute Gasteiger partial charge is 0.359 e. The lowest BCUT2D eigenvalue weighted by Gasteiger charge is -2.23. The number of urea groups is 1. The van der Waals surface area contributed by atoms with E-state index in [4.69, 9.17) is 4.52 Å². The van der Waals surface area contributed by atoms with Gasteiger partial charge >= 0.3 is 6.03 Å². The van der Waals surface area contributed by atoms with Crippen LogP contribution in [0.1, 0.15) is 64.0 Å². The van der Waals surface area contributed by atoms with Crippen LogP contribution < -0.4 is 5.32 Å². The van der Waals surface area contributed by atoms with Crippen molar-refractivity contribution in [3.63, 3.8) is 0 Å². The Kier molecular flexibility index (Phi) is 4.68. The van der Waals surface area contributed by atoms with Crippen molar-refractivity contribution < 1.29 is 9.32 Å². The van der Waals surface area contributed by atoms with Gasteiger partial charge in [0.15, 0.2) is 5.76 Å². The van der Waals surface area contributed by atoms with Crippen LogP contribution in [-0.2, 0) is 0 Å². The van der Waals surface area contributed by atoms with Crippen LogP contribution in [0, 0.1) is 5.92 Å². The third kappa shape index (κ3) is 3.32. The predicted octanol–water partition coefficient (Wildman–Crippen LogP) is 3.30. The molecule has 0 aliphatic carbocycles. The summed E-state index contributed by atoms with van der Waals surface area (Å²) < 4.78 is 5.44. The van der Waals surface area contributed by atoms with Crippen LogP contribution in [-0.4, -0.2) is 29.2 Å². The predicted molar refractivity (Wildman–Crippen MR) is 77.5 cm³/mol. The zero-order valence-electron chi connectivity index (χ0n) is 12.8. The molecule has 2 heterocycles. The molecule has 2 rings (SSSR count). The van der Waals surface area contributed by atoms with Gasteiger partial charge in [-0.05, 0) is 24.7 Å². The fraction of sp³-hybridized carbons (Fsp3) is 0.733. The smallest absolute Gasteiger partial charge is 0.318 e. The first-order chi connectivity index (χ1) is 9.49. The van der Waals surface area contributed by atoms with Crippen molar-refractivity contribution in [2.24, 2.45) is 5.92 Å². The number of likely N-dealkylation sites (tertiary alicyclic amines) is 1. The highest BCUT2D eigenvalue weighted by molar-refractivity contribution is 5.75. The molecule has 1 saturated heterocycles. The van der Waals surface area contributed by atoms with Crippen molar-refractivity contribution in [1.82, 2.24) is 15.4 Å². The van der Waals surface area contributed by atoms with Crippen LogP contribution >= 0.6 is 0 Å². The maximum absolute atomic E-state index is 12.2. The van der Waals surface area contributed by atoms with Gasteiger partial charge in [-0.2, -0.15) is 0 Å². The van der Waals surface area contributed by atoms with Gasteiger partial charge in [0.2, 0.25) is 0 Å². The van der Waals surface area contributed by atoms with Crippen LogP contribution in [0.5, 0.6) is 0 Å². The fourth-order valence-electron chi connectivity index (χ4n) is 2.43.